The monoisotopic (exact) mass is 265 g/mol. The van der Waals surface area contributed by atoms with Crippen molar-refractivity contribution in [3.8, 4) is 5.75 Å². The van der Waals surface area contributed by atoms with Crippen LogP contribution in [0.1, 0.15) is 34.7 Å². The Balaban J connectivity index is 1.62. The van der Waals surface area contributed by atoms with Gasteiger partial charge >= 0.3 is 0 Å². The van der Waals surface area contributed by atoms with E-state index in [0.717, 1.165) is 25.9 Å². The number of phenolic OH excluding ortho intramolecular Hbond substituents is 1. The molecule has 2 aliphatic rings. The molecule has 0 saturated heterocycles. The van der Waals surface area contributed by atoms with Gasteiger partial charge in [-0.05, 0) is 53.6 Å². The van der Waals surface area contributed by atoms with Crippen molar-refractivity contribution >= 4 is 0 Å². The highest BCUT2D eigenvalue weighted by atomic mass is 16.3. The third kappa shape index (κ3) is 1.92. The highest BCUT2D eigenvalue weighted by molar-refractivity contribution is 5.40. The van der Waals surface area contributed by atoms with Crippen LogP contribution in [0, 0.1) is 0 Å². The fourth-order valence-electron chi connectivity index (χ4n) is 3.74. The fourth-order valence-corrected chi connectivity index (χ4v) is 3.74. The van der Waals surface area contributed by atoms with E-state index in [2.05, 4.69) is 35.2 Å². The first kappa shape index (κ1) is 12.0. The van der Waals surface area contributed by atoms with E-state index in [1.165, 1.54) is 28.7 Å². The second-order valence-corrected chi connectivity index (χ2v) is 5.93. The maximum Gasteiger partial charge on any atom is 0.115 e. The number of hydrogen-bond acceptors (Lipinski definition) is 2. The Bertz CT molecular complexity index is 650. The molecule has 2 nitrogen and oxygen atoms in total. The zero-order valence-corrected chi connectivity index (χ0v) is 11.5. The lowest BCUT2D eigenvalue weighted by molar-refractivity contribution is 0.179. The van der Waals surface area contributed by atoms with Gasteiger partial charge in [0.1, 0.15) is 5.75 Å². The van der Waals surface area contributed by atoms with Crippen molar-refractivity contribution in [3.63, 3.8) is 0 Å². The zero-order chi connectivity index (χ0) is 13.5. The Morgan fingerprint density at radius 1 is 0.950 bits per heavy atom. The smallest absolute Gasteiger partial charge is 0.115 e. The molecule has 0 radical (unpaired) electrons. The molecule has 0 fully saturated rings. The summed E-state index contributed by atoms with van der Waals surface area (Å²) in [6.07, 6.45) is 3.42. The van der Waals surface area contributed by atoms with Crippen LogP contribution in [0.5, 0.6) is 5.75 Å². The van der Waals surface area contributed by atoms with Crippen LogP contribution in [0.2, 0.25) is 0 Å². The lowest BCUT2D eigenvalue weighted by atomic mass is 9.97. The molecule has 0 spiro atoms. The molecule has 1 aliphatic carbocycles. The maximum atomic E-state index is 9.61. The summed E-state index contributed by atoms with van der Waals surface area (Å²) >= 11 is 0. The van der Waals surface area contributed by atoms with Gasteiger partial charge in [0.25, 0.3) is 0 Å². The van der Waals surface area contributed by atoms with Crippen molar-refractivity contribution in [3.05, 3.63) is 64.7 Å². The molecular formula is C18H19NO. The SMILES string of the molecule is Oc1ccc2c(c1)CCC2N1CCc2ccccc2C1. The molecule has 2 aromatic rings. The van der Waals surface area contributed by atoms with Crippen LogP contribution in [0.3, 0.4) is 0 Å². The van der Waals surface area contributed by atoms with Crippen molar-refractivity contribution in [2.75, 3.05) is 6.54 Å². The number of aryl methyl sites for hydroxylation is 1. The summed E-state index contributed by atoms with van der Waals surface area (Å²) in [6.45, 7) is 2.20. The van der Waals surface area contributed by atoms with Gasteiger partial charge in [-0.3, -0.25) is 4.90 Å². The average Bonchev–Trinajstić information content (AvgIpc) is 2.89. The van der Waals surface area contributed by atoms with Gasteiger partial charge in [-0.2, -0.15) is 0 Å². The second-order valence-electron chi connectivity index (χ2n) is 5.93. The van der Waals surface area contributed by atoms with Crippen molar-refractivity contribution in [2.45, 2.75) is 31.8 Å². The predicted molar refractivity (Wildman–Crippen MR) is 79.7 cm³/mol. The van der Waals surface area contributed by atoms with Crippen LogP contribution in [-0.2, 0) is 19.4 Å². The minimum Gasteiger partial charge on any atom is -0.508 e. The summed E-state index contributed by atoms with van der Waals surface area (Å²) in [5.74, 6) is 0.397. The van der Waals surface area contributed by atoms with Crippen LogP contribution >= 0.6 is 0 Å². The number of fused-ring (bicyclic) bond motifs is 2. The van der Waals surface area contributed by atoms with Gasteiger partial charge < -0.3 is 5.11 Å². The second kappa shape index (κ2) is 4.64. The molecule has 2 aromatic carbocycles. The summed E-state index contributed by atoms with van der Waals surface area (Å²) in [5.41, 5.74) is 5.73. The number of nitrogens with zero attached hydrogens (tertiary/aromatic N) is 1. The highest BCUT2D eigenvalue weighted by Crippen LogP contribution is 2.39. The summed E-state index contributed by atoms with van der Waals surface area (Å²) in [5, 5.41) is 9.61. The molecule has 0 aromatic heterocycles. The molecule has 0 saturated carbocycles. The topological polar surface area (TPSA) is 23.5 Å². The van der Waals surface area contributed by atoms with Gasteiger partial charge in [-0.1, -0.05) is 30.3 Å². The Hall–Kier alpha value is -1.80. The van der Waals surface area contributed by atoms with Gasteiger partial charge in [0, 0.05) is 19.1 Å². The highest BCUT2D eigenvalue weighted by Gasteiger charge is 2.30. The number of benzene rings is 2. The summed E-state index contributed by atoms with van der Waals surface area (Å²) in [7, 11) is 0. The molecule has 1 aliphatic heterocycles. The van der Waals surface area contributed by atoms with E-state index in [1.807, 2.05) is 12.1 Å². The van der Waals surface area contributed by atoms with Gasteiger partial charge in [0.15, 0.2) is 0 Å². The zero-order valence-electron chi connectivity index (χ0n) is 11.5. The Kier molecular flexibility index (Phi) is 2.78. The molecule has 4 rings (SSSR count). The number of aromatic hydroxyl groups is 1. The van der Waals surface area contributed by atoms with E-state index in [-0.39, 0.29) is 0 Å². The van der Waals surface area contributed by atoms with Gasteiger partial charge in [0.2, 0.25) is 0 Å². The summed E-state index contributed by atoms with van der Waals surface area (Å²) < 4.78 is 0. The molecule has 1 unspecified atom stereocenters. The minimum absolute atomic E-state index is 0.397. The van der Waals surface area contributed by atoms with Gasteiger partial charge in [-0.25, -0.2) is 0 Å². The third-order valence-corrected chi connectivity index (χ3v) is 4.77. The quantitative estimate of drug-likeness (QED) is 0.854. The molecule has 0 bridgehead atoms. The first-order valence-corrected chi connectivity index (χ1v) is 7.44. The van der Waals surface area contributed by atoms with Gasteiger partial charge in [-0.15, -0.1) is 0 Å². The van der Waals surface area contributed by atoms with Crippen molar-refractivity contribution in [1.82, 2.24) is 4.90 Å². The maximum absolute atomic E-state index is 9.61. The number of phenols is 1. The van der Waals surface area contributed by atoms with Crippen LogP contribution in [0.25, 0.3) is 0 Å². The molecule has 102 valence electrons. The Labute approximate surface area is 119 Å². The summed E-state index contributed by atoms with van der Waals surface area (Å²) in [4.78, 5) is 2.60. The Morgan fingerprint density at radius 2 is 1.80 bits per heavy atom. The normalized spacial score (nSPS) is 21.5. The lowest BCUT2D eigenvalue weighted by Crippen LogP contribution is -2.33. The van der Waals surface area contributed by atoms with E-state index in [1.54, 1.807) is 0 Å². The van der Waals surface area contributed by atoms with E-state index in [9.17, 15) is 5.11 Å². The molecule has 0 amide bonds. The molecule has 1 N–H and O–H groups in total. The van der Waals surface area contributed by atoms with Crippen LogP contribution in [-0.4, -0.2) is 16.6 Å². The largest absolute Gasteiger partial charge is 0.508 e. The number of hydrogen-bond donors (Lipinski definition) is 1. The Morgan fingerprint density at radius 3 is 2.70 bits per heavy atom. The van der Waals surface area contributed by atoms with Crippen molar-refractivity contribution < 1.29 is 5.11 Å². The van der Waals surface area contributed by atoms with E-state index < -0.39 is 0 Å². The first-order valence-electron chi connectivity index (χ1n) is 7.44. The van der Waals surface area contributed by atoms with Crippen molar-refractivity contribution in [1.29, 1.82) is 0 Å². The molecule has 1 heterocycles. The molecule has 1 atom stereocenters. The van der Waals surface area contributed by atoms with E-state index >= 15 is 0 Å². The van der Waals surface area contributed by atoms with Gasteiger partial charge in [0.05, 0.1) is 0 Å². The standard InChI is InChI=1S/C18H19NO/c20-16-6-7-17-14(11-16)5-8-18(17)19-10-9-13-3-1-2-4-15(13)12-19/h1-4,6-7,11,18,20H,5,8-10,12H2. The molecular weight excluding hydrogens is 246 g/mol. The third-order valence-electron chi connectivity index (χ3n) is 4.77. The van der Waals surface area contributed by atoms with Crippen LogP contribution in [0.15, 0.2) is 42.5 Å². The number of rotatable bonds is 1. The van der Waals surface area contributed by atoms with Crippen molar-refractivity contribution in [2.24, 2.45) is 0 Å². The first-order chi connectivity index (χ1) is 9.81. The molecule has 2 heteroatoms. The lowest BCUT2D eigenvalue weighted by Gasteiger charge is -2.34. The van der Waals surface area contributed by atoms with Crippen LogP contribution in [0.4, 0.5) is 0 Å². The summed E-state index contributed by atoms with van der Waals surface area (Å²) in [6, 6.07) is 15.2. The van der Waals surface area contributed by atoms with E-state index in [4.69, 9.17) is 0 Å². The fraction of sp³-hybridized carbons (Fsp3) is 0.333. The van der Waals surface area contributed by atoms with E-state index in [0.29, 0.717) is 11.8 Å². The predicted octanol–water partition coefficient (Wildman–Crippen LogP) is 3.44. The average molecular weight is 265 g/mol. The minimum atomic E-state index is 0.397. The van der Waals surface area contributed by atoms with Crippen LogP contribution < -0.4 is 0 Å². The molecule has 20 heavy (non-hydrogen) atoms.